The van der Waals surface area contributed by atoms with Crippen LogP contribution in [0.25, 0.3) is 0 Å². The van der Waals surface area contributed by atoms with Crippen molar-refractivity contribution in [3.8, 4) is 0 Å². The third kappa shape index (κ3) is 5.36. The maximum absolute atomic E-state index is 12.6. The van der Waals surface area contributed by atoms with Gasteiger partial charge in [0.25, 0.3) is 5.91 Å². The molecule has 0 bridgehead atoms. The van der Waals surface area contributed by atoms with Crippen LogP contribution in [-0.4, -0.2) is 41.8 Å². The van der Waals surface area contributed by atoms with Gasteiger partial charge in [0, 0.05) is 28.7 Å². The largest absolute Gasteiger partial charge is 0.454 e. The van der Waals surface area contributed by atoms with E-state index in [0.29, 0.717) is 37.1 Å². The zero-order chi connectivity index (χ0) is 21.7. The average Bonchev–Trinajstić information content (AvgIpc) is 2.78. The van der Waals surface area contributed by atoms with Crippen molar-refractivity contribution in [1.29, 1.82) is 0 Å². The van der Waals surface area contributed by atoms with Crippen LogP contribution in [0, 0.1) is 5.92 Å². The minimum atomic E-state index is -0.826. The lowest BCUT2D eigenvalue weighted by atomic mass is 9.96. The molecule has 0 N–H and O–H groups in total. The van der Waals surface area contributed by atoms with E-state index in [1.807, 2.05) is 24.3 Å². The van der Waals surface area contributed by atoms with Gasteiger partial charge in [-0.15, -0.1) is 0 Å². The zero-order valence-electron chi connectivity index (χ0n) is 17.3. The molecule has 2 aromatic carbocycles. The summed E-state index contributed by atoms with van der Waals surface area (Å²) in [6, 6.07) is 14.6. The lowest BCUT2D eigenvalue weighted by Crippen LogP contribution is -2.41. The number of hydrogen-bond acceptors (Lipinski definition) is 4. The van der Waals surface area contributed by atoms with Gasteiger partial charge >= 0.3 is 5.97 Å². The third-order valence-corrected chi connectivity index (χ3v) is 6.04. The molecule has 1 heterocycles. The summed E-state index contributed by atoms with van der Waals surface area (Å²) in [7, 11) is 0. The van der Waals surface area contributed by atoms with Crippen molar-refractivity contribution in [3.05, 3.63) is 69.7 Å². The van der Waals surface area contributed by atoms with Gasteiger partial charge in [-0.05, 0) is 56.0 Å². The first-order valence-electron chi connectivity index (χ1n) is 10.3. The number of esters is 1. The highest BCUT2D eigenvalue weighted by atomic mass is 79.9. The van der Waals surface area contributed by atoms with Crippen LogP contribution in [0.4, 0.5) is 0 Å². The van der Waals surface area contributed by atoms with E-state index in [0.717, 1.165) is 16.5 Å². The maximum Gasteiger partial charge on any atom is 0.309 e. The molecule has 1 aliphatic heterocycles. The molecule has 5 nitrogen and oxygen atoms in total. The fourth-order valence-electron chi connectivity index (χ4n) is 3.56. The standard InChI is InChI=1S/C24H26BrNO4/c1-3-17-4-6-18(7-5-17)22(27)16(2)30-24(29)20-12-14-26(15-13-20)23(28)19-8-10-21(25)11-9-19/h4-11,16,20H,3,12-15H2,1-2H3/t16-/m1/s1. The molecule has 1 amide bonds. The topological polar surface area (TPSA) is 63.7 Å². The zero-order valence-corrected chi connectivity index (χ0v) is 18.9. The van der Waals surface area contributed by atoms with Crippen LogP contribution in [0.15, 0.2) is 53.0 Å². The molecule has 3 rings (SSSR count). The molecule has 30 heavy (non-hydrogen) atoms. The number of nitrogens with zero attached hydrogens (tertiary/aromatic N) is 1. The molecule has 158 valence electrons. The molecule has 1 atom stereocenters. The summed E-state index contributed by atoms with van der Waals surface area (Å²) in [6.07, 6.45) is 1.15. The van der Waals surface area contributed by atoms with E-state index in [2.05, 4.69) is 22.9 Å². The lowest BCUT2D eigenvalue weighted by Gasteiger charge is -2.31. The van der Waals surface area contributed by atoms with Crippen molar-refractivity contribution in [2.45, 2.75) is 39.2 Å². The molecule has 6 heteroatoms. The van der Waals surface area contributed by atoms with Gasteiger partial charge < -0.3 is 9.64 Å². The highest BCUT2D eigenvalue weighted by molar-refractivity contribution is 9.10. The first kappa shape index (κ1) is 22.2. The lowest BCUT2D eigenvalue weighted by molar-refractivity contribution is -0.152. The number of benzene rings is 2. The average molecular weight is 472 g/mol. The second kappa shape index (κ2) is 10.0. The Kier molecular flexibility index (Phi) is 7.43. The molecule has 0 saturated carbocycles. The van der Waals surface area contributed by atoms with Crippen molar-refractivity contribution in [1.82, 2.24) is 4.90 Å². The van der Waals surface area contributed by atoms with Crippen molar-refractivity contribution in [2.75, 3.05) is 13.1 Å². The van der Waals surface area contributed by atoms with Crippen LogP contribution in [0.1, 0.15) is 53.0 Å². The number of hydrogen-bond donors (Lipinski definition) is 0. The molecular weight excluding hydrogens is 446 g/mol. The molecular formula is C24H26BrNO4. The van der Waals surface area contributed by atoms with Crippen LogP contribution in [0.5, 0.6) is 0 Å². The maximum atomic E-state index is 12.6. The van der Waals surface area contributed by atoms with E-state index in [1.54, 1.807) is 36.1 Å². The van der Waals surface area contributed by atoms with Crippen molar-refractivity contribution in [3.63, 3.8) is 0 Å². The van der Waals surface area contributed by atoms with E-state index >= 15 is 0 Å². The van der Waals surface area contributed by atoms with E-state index in [-0.39, 0.29) is 23.6 Å². The van der Waals surface area contributed by atoms with Crippen molar-refractivity contribution in [2.24, 2.45) is 5.92 Å². The number of aryl methyl sites for hydroxylation is 1. The first-order valence-corrected chi connectivity index (χ1v) is 11.1. The Morgan fingerprint density at radius 3 is 2.13 bits per heavy atom. The Labute approximate surface area is 185 Å². The van der Waals surface area contributed by atoms with Gasteiger partial charge in [0.2, 0.25) is 5.78 Å². The second-order valence-electron chi connectivity index (χ2n) is 7.57. The summed E-state index contributed by atoms with van der Waals surface area (Å²) in [5.74, 6) is -0.893. The van der Waals surface area contributed by atoms with Crippen LogP contribution < -0.4 is 0 Å². The number of rotatable bonds is 6. The Morgan fingerprint density at radius 2 is 1.57 bits per heavy atom. The van der Waals surface area contributed by atoms with Crippen LogP contribution in [0.2, 0.25) is 0 Å². The number of halogens is 1. The predicted octanol–water partition coefficient (Wildman–Crippen LogP) is 4.68. The van der Waals surface area contributed by atoms with Gasteiger partial charge in [-0.2, -0.15) is 0 Å². The van der Waals surface area contributed by atoms with Crippen LogP contribution in [0.3, 0.4) is 0 Å². The summed E-state index contributed by atoms with van der Waals surface area (Å²) >= 11 is 3.36. The van der Waals surface area contributed by atoms with E-state index in [1.165, 1.54) is 0 Å². The smallest absolute Gasteiger partial charge is 0.309 e. The number of likely N-dealkylation sites (tertiary alicyclic amines) is 1. The quantitative estimate of drug-likeness (QED) is 0.453. The molecule has 0 spiro atoms. The number of piperidine rings is 1. The molecule has 0 radical (unpaired) electrons. The van der Waals surface area contributed by atoms with Gasteiger partial charge in [0.05, 0.1) is 5.92 Å². The number of ketones is 1. The molecule has 1 aliphatic rings. The SMILES string of the molecule is CCc1ccc(C(=O)[C@@H](C)OC(=O)C2CCN(C(=O)c3ccc(Br)cc3)CC2)cc1. The Bertz CT molecular complexity index is 900. The van der Waals surface area contributed by atoms with Gasteiger partial charge in [0.15, 0.2) is 6.10 Å². The summed E-state index contributed by atoms with van der Waals surface area (Å²) < 4.78 is 6.38. The van der Waals surface area contributed by atoms with Gasteiger partial charge in [0.1, 0.15) is 0 Å². The highest BCUT2D eigenvalue weighted by Gasteiger charge is 2.31. The number of carbonyl (C=O) groups excluding carboxylic acids is 3. The fourth-order valence-corrected chi connectivity index (χ4v) is 3.82. The summed E-state index contributed by atoms with van der Waals surface area (Å²) in [5.41, 5.74) is 2.33. The molecule has 1 fully saturated rings. The van der Waals surface area contributed by atoms with E-state index in [9.17, 15) is 14.4 Å². The first-order chi connectivity index (χ1) is 14.4. The monoisotopic (exact) mass is 471 g/mol. The Hall–Kier alpha value is -2.47. The van der Waals surface area contributed by atoms with Crippen LogP contribution >= 0.6 is 15.9 Å². The van der Waals surface area contributed by atoms with Crippen molar-refractivity contribution < 1.29 is 19.1 Å². The van der Waals surface area contributed by atoms with Gasteiger partial charge in [-0.25, -0.2) is 0 Å². The summed E-state index contributed by atoms with van der Waals surface area (Å²) in [4.78, 5) is 39.5. The fraction of sp³-hybridized carbons (Fsp3) is 0.375. The number of Topliss-reactive ketones (excluding diaryl/α,β-unsaturated/α-hetero) is 1. The van der Waals surface area contributed by atoms with E-state index in [4.69, 9.17) is 4.74 Å². The summed E-state index contributed by atoms with van der Waals surface area (Å²) in [5, 5.41) is 0. The normalized spacial score (nSPS) is 15.5. The van der Waals surface area contributed by atoms with Crippen molar-refractivity contribution >= 4 is 33.6 Å². The number of carbonyl (C=O) groups is 3. The molecule has 0 aromatic heterocycles. The number of ether oxygens (including phenoxy) is 1. The molecule has 1 saturated heterocycles. The Balaban J connectivity index is 1.51. The summed E-state index contributed by atoms with van der Waals surface area (Å²) in [6.45, 7) is 4.66. The minimum Gasteiger partial charge on any atom is -0.454 e. The number of amides is 1. The molecule has 2 aromatic rings. The van der Waals surface area contributed by atoms with Gasteiger partial charge in [-0.3, -0.25) is 14.4 Å². The minimum absolute atomic E-state index is 0.0339. The predicted molar refractivity (Wildman–Crippen MR) is 118 cm³/mol. The highest BCUT2D eigenvalue weighted by Crippen LogP contribution is 2.22. The second-order valence-corrected chi connectivity index (χ2v) is 8.48. The van der Waals surface area contributed by atoms with Gasteiger partial charge in [-0.1, -0.05) is 47.1 Å². The third-order valence-electron chi connectivity index (χ3n) is 5.52. The van der Waals surface area contributed by atoms with E-state index < -0.39 is 6.10 Å². The Morgan fingerprint density at radius 1 is 1.00 bits per heavy atom. The molecule has 0 aliphatic carbocycles. The molecule has 0 unspecified atom stereocenters. The van der Waals surface area contributed by atoms with Crippen LogP contribution in [-0.2, 0) is 16.0 Å².